The molecule has 0 fully saturated rings. The maximum absolute atomic E-state index is 3.88. The summed E-state index contributed by atoms with van der Waals surface area (Å²) < 4.78 is 0. The van der Waals surface area contributed by atoms with E-state index in [2.05, 4.69) is 34.9 Å². The minimum Gasteiger partial charge on any atom is -0.365 e. The highest BCUT2D eigenvalue weighted by molar-refractivity contribution is 5.57. The number of quaternary nitrogens is 1. The third kappa shape index (κ3) is 1.18. The first-order valence-electron chi connectivity index (χ1n) is 4.54. The van der Waals surface area contributed by atoms with Crippen molar-refractivity contribution < 1.29 is 5.73 Å². The summed E-state index contributed by atoms with van der Waals surface area (Å²) in [6.07, 6.45) is 1.20. The van der Waals surface area contributed by atoms with Gasteiger partial charge in [0.15, 0.2) is 0 Å². The number of nitrogens with zero attached hydrogens (tertiary/aromatic N) is 1. The van der Waals surface area contributed by atoms with E-state index in [1.165, 1.54) is 24.2 Å². The number of hydrogen-bond acceptors (Lipinski definition) is 1. The number of anilines is 1. The number of para-hydroxylation sites is 1. The van der Waals surface area contributed by atoms with E-state index in [-0.39, 0.29) is 0 Å². The van der Waals surface area contributed by atoms with Crippen LogP contribution in [0, 0.1) is 0 Å². The molecule has 2 nitrogen and oxygen atoms in total. The fourth-order valence-corrected chi connectivity index (χ4v) is 1.83. The van der Waals surface area contributed by atoms with Crippen molar-refractivity contribution in [1.82, 2.24) is 0 Å². The van der Waals surface area contributed by atoms with E-state index in [9.17, 15) is 0 Å². The van der Waals surface area contributed by atoms with Crippen molar-refractivity contribution in [2.75, 3.05) is 24.5 Å². The van der Waals surface area contributed by atoms with Crippen LogP contribution in [0.2, 0.25) is 0 Å². The Bertz CT molecular complexity index is 268. The Morgan fingerprint density at radius 2 is 2.17 bits per heavy atom. The Kier molecular flexibility index (Phi) is 2.00. The molecule has 0 saturated heterocycles. The van der Waals surface area contributed by atoms with Gasteiger partial charge in [0.05, 0.1) is 13.1 Å². The zero-order valence-electron chi connectivity index (χ0n) is 7.29. The summed E-state index contributed by atoms with van der Waals surface area (Å²) >= 11 is 0. The normalized spacial score (nSPS) is 14.9. The average molecular weight is 163 g/mol. The van der Waals surface area contributed by atoms with Crippen molar-refractivity contribution in [1.29, 1.82) is 0 Å². The average Bonchev–Trinajstić information content (AvgIpc) is 2.50. The molecule has 64 valence electrons. The zero-order valence-corrected chi connectivity index (χ0v) is 7.29. The first-order chi connectivity index (χ1) is 5.92. The van der Waals surface area contributed by atoms with Gasteiger partial charge < -0.3 is 10.6 Å². The van der Waals surface area contributed by atoms with Crippen LogP contribution in [0.25, 0.3) is 0 Å². The van der Waals surface area contributed by atoms with E-state index < -0.39 is 0 Å². The van der Waals surface area contributed by atoms with E-state index in [4.69, 9.17) is 0 Å². The molecule has 0 atom stereocenters. The molecule has 1 aliphatic heterocycles. The number of benzene rings is 1. The van der Waals surface area contributed by atoms with Crippen molar-refractivity contribution in [2.24, 2.45) is 0 Å². The molecule has 12 heavy (non-hydrogen) atoms. The van der Waals surface area contributed by atoms with Gasteiger partial charge in [-0.15, -0.1) is 0 Å². The standard InChI is InChI=1S/C10H14N2/c11-6-8-12-7-5-9-3-1-2-4-10(9)12/h1-4H,5-8,11H2/p+1. The van der Waals surface area contributed by atoms with E-state index in [0.717, 1.165) is 13.1 Å². The second-order valence-corrected chi connectivity index (χ2v) is 3.22. The van der Waals surface area contributed by atoms with Gasteiger partial charge >= 0.3 is 0 Å². The molecule has 0 aliphatic carbocycles. The Hall–Kier alpha value is -1.02. The fourth-order valence-electron chi connectivity index (χ4n) is 1.83. The molecule has 3 N–H and O–H groups in total. The molecular weight excluding hydrogens is 148 g/mol. The predicted octanol–water partition coefficient (Wildman–Crippen LogP) is 0.291. The van der Waals surface area contributed by atoms with Crippen LogP contribution in [0.1, 0.15) is 5.56 Å². The minimum absolute atomic E-state index is 0.994. The molecule has 1 aromatic carbocycles. The van der Waals surface area contributed by atoms with Crippen LogP contribution in [0.15, 0.2) is 24.3 Å². The quantitative estimate of drug-likeness (QED) is 0.667. The number of rotatable bonds is 2. The third-order valence-electron chi connectivity index (χ3n) is 2.41. The predicted molar refractivity (Wildman–Crippen MR) is 50.1 cm³/mol. The van der Waals surface area contributed by atoms with Crippen LogP contribution in [0.4, 0.5) is 5.69 Å². The number of hydrogen-bond donors (Lipinski definition) is 1. The summed E-state index contributed by atoms with van der Waals surface area (Å²) in [4.78, 5) is 2.42. The van der Waals surface area contributed by atoms with E-state index >= 15 is 0 Å². The van der Waals surface area contributed by atoms with Gasteiger partial charge in [-0.3, -0.25) is 0 Å². The Morgan fingerprint density at radius 1 is 1.33 bits per heavy atom. The third-order valence-corrected chi connectivity index (χ3v) is 2.41. The molecule has 2 rings (SSSR count). The lowest BCUT2D eigenvalue weighted by molar-refractivity contribution is -0.363. The van der Waals surface area contributed by atoms with Crippen molar-refractivity contribution in [2.45, 2.75) is 6.42 Å². The van der Waals surface area contributed by atoms with Crippen LogP contribution in [0.5, 0.6) is 0 Å². The molecule has 0 saturated carbocycles. The van der Waals surface area contributed by atoms with Crippen LogP contribution in [-0.2, 0) is 6.42 Å². The van der Waals surface area contributed by atoms with Crippen LogP contribution >= 0.6 is 0 Å². The highest BCUT2D eigenvalue weighted by atomic mass is 15.1. The Labute approximate surface area is 73.0 Å². The molecule has 1 aliphatic rings. The fraction of sp³-hybridized carbons (Fsp3) is 0.400. The Balaban J connectivity index is 2.24. The van der Waals surface area contributed by atoms with E-state index in [0.29, 0.717) is 0 Å². The highest BCUT2D eigenvalue weighted by Crippen LogP contribution is 2.26. The van der Waals surface area contributed by atoms with Gasteiger partial charge in [0.25, 0.3) is 0 Å². The molecule has 1 aromatic rings. The summed E-state index contributed by atoms with van der Waals surface area (Å²) in [5.41, 5.74) is 6.79. The summed E-state index contributed by atoms with van der Waals surface area (Å²) in [6, 6.07) is 8.66. The minimum atomic E-state index is 0.994. The monoisotopic (exact) mass is 163 g/mol. The molecule has 0 radical (unpaired) electrons. The molecule has 1 heterocycles. The summed E-state index contributed by atoms with van der Waals surface area (Å²) in [5, 5.41) is 0. The van der Waals surface area contributed by atoms with E-state index in [1.54, 1.807) is 0 Å². The first-order valence-corrected chi connectivity index (χ1v) is 4.54. The lowest BCUT2D eigenvalue weighted by atomic mass is 10.2. The van der Waals surface area contributed by atoms with Crippen LogP contribution < -0.4 is 10.6 Å². The maximum atomic E-state index is 3.88. The van der Waals surface area contributed by atoms with E-state index in [1.807, 2.05) is 0 Å². The lowest BCUT2D eigenvalue weighted by Crippen LogP contribution is -2.54. The van der Waals surface area contributed by atoms with Crippen molar-refractivity contribution in [3.63, 3.8) is 0 Å². The summed E-state index contributed by atoms with van der Waals surface area (Å²) in [6.45, 7) is 3.26. The van der Waals surface area contributed by atoms with Gasteiger partial charge in [-0.25, -0.2) is 0 Å². The summed E-state index contributed by atoms with van der Waals surface area (Å²) in [7, 11) is 0. The second-order valence-electron chi connectivity index (χ2n) is 3.22. The highest BCUT2D eigenvalue weighted by Gasteiger charge is 2.16. The summed E-state index contributed by atoms with van der Waals surface area (Å²) in [5.74, 6) is 0. The molecule has 0 aromatic heterocycles. The largest absolute Gasteiger partial charge is 0.365 e. The molecule has 0 amide bonds. The molecular formula is C10H15N2+. The van der Waals surface area contributed by atoms with Gasteiger partial charge in [0.2, 0.25) is 0 Å². The molecule has 0 bridgehead atoms. The van der Waals surface area contributed by atoms with Gasteiger partial charge in [0, 0.05) is 12.2 Å². The number of fused-ring (bicyclic) bond motifs is 1. The van der Waals surface area contributed by atoms with Crippen LogP contribution in [0.3, 0.4) is 0 Å². The molecule has 0 spiro atoms. The molecule has 2 heteroatoms. The maximum Gasteiger partial charge on any atom is 0.0917 e. The van der Waals surface area contributed by atoms with Gasteiger partial charge in [-0.2, -0.15) is 0 Å². The van der Waals surface area contributed by atoms with Crippen molar-refractivity contribution in [3.8, 4) is 0 Å². The topological polar surface area (TPSA) is 30.9 Å². The lowest BCUT2D eigenvalue weighted by Gasteiger charge is -2.16. The van der Waals surface area contributed by atoms with Crippen molar-refractivity contribution in [3.05, 3.63) is 29.8 Å². The zero-order chi connectivity index (χ0) is 8.39. The van der Waals surface area contributed by atoms with Gasteiger partial charge in [-0.1, -0.05) is 18.2 Å². The second kappa shape index (κ2) is 3.15. The van der Waals surface area contributed by atoms with Gasteiger partial charge in [0.1, 0.15) is 0 Å². The molecule has 0 unspecified atom stereocenters. The first kappa shape index (κ1) is 7.62. The smallest absolute Gasteiger partial charge is 0.0917 e. The Morgan fingerprint density at radius 3 is 3.00 bits per heavy atom. The van der Waals surface area contributed by atoms with Gasteiger partial charge in [-0.05, 0) is 18.1 Å². The SMILES string of the molecule is [NH3+]CCN1CCc2ccccc21. The van der Waals surface area contributed by atoms with Crippen LogP contribution in [-0.4, -0.2) is 19.6 Å². The van der Waals surface area contributed by atoms with Crippen molar-refractivity contribution >= 4 is 5.69 Å².